The molecule has 0 aromatic heterocycles. The van der Waals surface area contributed by atoms with Crippen molar-refractivity contribution in [3.63, 3.8) is 0 Å². The Hall–Kier alpha value is -2.74. The largest absolute Gasteiger partial charge is 0.482 e. The highest BCUT2D eigenvalue weighted by Gasteiger charge is 2.76. The van der Waals surface area contributed by atoms with Crippen LogP contribution in [0.2, 0.25) is 0 Å². The molecule has 5 aliphatic rings. The van der Waals surface area contributed by atoms with Crippen LogP contribution in [0, 0.1) is 34.5 Å². The summed E-state index contributed by atoms with van der Waals surface area (Å²) in [6.45, 7) is 14.5. The van der Waals surface area contributed by atoms with Crippen LogP contribution in [0.5, 0.6) is 11.5 Å². The molecule has 3 aromatic rings. The van der Waals surface area contributed by atoms with Gasteiger partial charge in [-0.15, -0.1) is 0 Å². The second kappa shape index (κ2) is 8.42. The van der Waals surface area contributed by atoms with Gasteiger partial charge in [0.25, 0.3) is 0 Å². The molecule has 8 rings (SSSR count). The molecule has 5 aliphatic carbocycles. The van der Waals surface area contributed by atoms with Gasteiger partial charge in [0.2, 0.25) is 0 Å². The minimum Gasteiger partial charge on any atom is -0.482 e. The van der Waals surface area contributed by atoms with E-state index in [0.717, 1.165) is 30.8 Å². The Labute approximate surface area is 246 Å². The molecule has 0 radical (unpaired) electrons. The number of benzene rings is 3. The van der Waals surface area contributed by atoms with E-state index in [1.165, 1.54) is 59.1 Å². The number of ether oxygens (including phenoxy) is 2. The normalized spacial score (nSPS) is 35.0. The van der Waals surface area contributed by atoms with Gasteiger partial charge in [0.15, 0.2) is 11.5 Å². The van der Waals surface area contributed by atoms with Crippen molar-refractivity contribution in [3.8, 4) is 33.8 Å². The zero-order valence-corrected chi connectivity index (χ0v) is 25.8. The van der Waals surface area contributed by atoms with Crippen LogP contribution in [0.3, 0.4) is 0 Å². The van der Waals surface area contributed by atoms with Crippen LogP contribution in [0.25, 0.3) is 22.3 Å². The molecule has 214 valence electrons. The molecule has 4 saturated carbocycles. The lowest BCUT2D eigenvalue weighted by atomic mass is 9.88. The van der Waals surface area contributed by atoms with Crippen molar-refractivity contribution in [3.05, 3.63) is 71.8 Å². The Morgan fingerprint density at radius 1 is 0.610 bits per heavy atom. The van der Waals surface area contributed by atoms with Gasteiger partial charge in [0.05, 0.1) is 0 Å². The van der Waals surface area contributed by atoms with Crippen molar-refractivity contribution in [2.75, 3.05) is 0 Å². The van der Waals surface area contributed by atoms with Gasteiger partial charge < -0.3 is 9.47 Å². The molecule has 0 amide bonds. The van der Waals surface area contributed by atoms with Crippen molar-refractivity contribution in [1.29, 1.82) is 0 Å². The van der Waals surface area contributed by atoms with Crippen LogP contribution < -0.4 is 9.47 Å². The first-order valence-electron chi connectivity index (χ1n) is 16.3. The average Bonchev–Trinajstić information content (AvgIpc) is 3.48. The molecule has 6 unspecified atom stereocenters. The molecule has 0 bridgehead atoms. The summed E-state index contributed by atoms with van der Waals surface area (Å²) < 4.78 is 14.6. The van der Waals surface area contributed by atoms with E-state index >= 15 is 0 Å². The topological polar surface area (TPSA) is 18.5 Å². The molecular weight excluding hydrogens is 500 g/mol. The Bertz CT molecular complexity index is 1550. The lowest BCUT2D eigenvalue weighted by molar-refractivity contribution is 0.0577. The summed E-state index contributed by atoms with van der Waals surface area (Å²) in [6.07, 6.45) is 8.45. The summed E-state index contributed by atoms with van der Waals surface area (Å²) in [5.74, 6) is 4.58. The lowest BCUT2D eigenvalue weighted by Gasteiger charge is -2.33. The van der Waals surface area contributed by atoms with Crippen LogP contribution in [0.4, 0.5) is 0 Å². The van der Waals surface area contributed by atoms with Crippen molar-refractivity contribution in [2.24, 2.45) is 34.5 Å². The summed E-state index contributed by atoms with van der Waals surface area (Å²) >= 11 is 0. The first kappa shape index (κ1) is 25.9. The molecule has 2 heteroatoms. The molecule has 0 spiro atoms. The van der Waals surface area contributed by atoms with Crippen molar-refractivity contribution < 1.29 is 9.47 Å². The van der Waals surface area contributed by atoms with Crippen LogP contribution in [-0.2, 0) is 6.42 Å². The van der Waals surface area contributed by atoms with Gasteiger partial charge in [0, 0.05) is 22.7 Å². The molecule has 2 nitrogen and oxygen atoms in total. The summed E-state index contributed by atoms with van der Waals surface area (Å²) in [4.78, 5) is 0. The monoisotopic (exact) mass is 546 g/mol. The highest BCUT2D eigenvalue weighted by atomic mass is 16.6. The maximum absolute atomic E-state index is 7.35. The third-order valence-corrected chi connectivity index (χ3v) is 12.8. The molecule has 0 heterocycles. The Morgan fingerprint density at radius 2 is 1.20 bits per heavy atom. The predicted octanol–water partition coefficient (Wildman–Crippen LogP) is 10.1. The molecule has 4 fully saturated rings. The maximum atomic E-state index is 7.35. The van der Waals surface area contributed by atoms with E-state index in [2.05, 4.69) is 102 Å². The SMILES string of the molecule is CC1CCC2C(C)(C)C2(Oc2ccc(-c3cccc4c3Cc3ccccc3-4)cc2OC23CC(C)CCC2C3(C)C)C1. The second-order valence-corrected chi connectivity index (χ2v) is 15.6. The van der Waals surface area contributed by atoms with E-state index in [-0.39, 0.29) is 22.0 Å². The number of hydrogen-bond acceptors (Lipinski definition) is 2. The highest BCUT2D eigenvalue weighted by molar-refractivity contribution is 5.85. The zero-order valence-electron chi connectivity index (χ0n) is 25.8. The van der Waals surface area contributed by atoms with E-state index < -0.39 is 0 Å². The van der Waals surface area contributed by atoms with Gasteiger partial charge in [-0.2, -0.15) is 0 Å². The van der Waals surface area contributed by atoms with Crippen LogP contribution >= 0.6 is 0 Å². The Morgan fingerprint density at radius 3 is 1.88 bits per heavy atom. The van der Waals surface area contributed by atoms with E-state index in [1.807, 2.05) is 0 Å². The van der Waals surface area contributed by atoms with E-state index in [1.54, 1.807) is 0 Å². The van der Waals surface area contributed by atoms with Gasteiger partial charge in [-0.3, -0.25) is 0 Å². The standard InChI is InChI=1S/C39H46O2/c1-24-14-18-34-36(3,4)38(34,22-24)40-32-17-16-27(21-33(32)41-39-23-25(2)15-19-35(39)37(39,5)6)29-12-9-13-30-28-11-8-7-10-26(28)20-31(29)30/h7-13,16-17,21,24-25,34-35H,14-15,18-20,22-23H2,1-6H3. The summed E-state index contributed by atoms with van der Waals surface area (Å²) in [7, 11) is 0. The summed E-state index contributed by atoms with van der Waals surface area (Å²) in [5.41, 5.74) is 8.43. The molecule has 0 saturated heterocycles. The molecule has 0 aliphatic heterocycles. The molecular formula is C39H46O2. The van der Waals surface area contributed by atoms with Gasteiger partial charge in [-0.05, 0) is 89.5 Å². The smallest absolute Gasteiger partial charge is 0.162 e. The minimum absolute atomic E-state index is 0.0735. The first-order chi connectivity index (χ1) is 19.6. The fraction of sp³-hybridized carbons (Fsp3) is 0.538. The molecule has 0 N–H and O–H groups in total. The van der Waals surface area contributed by atoms with Crippen LogP contribution in [0.1, 0.15) is 91.2 Å². The van der Waals surface area contributed by atoms with Crippen LogP contribution in [-0.4, -0.2) is 11.2 Å². The molecule has 6 atom stereocenters. The highest BCUT2D eigenvalue weighted by Crippen LogP contribution is 2.73. The zero-order chi connectivity index (χ0) is 28.4. The Kier molecular flexibility index (Phi) is 5.33. The fourth-order valence-corrected chi connectivity index (χ4v) is 10.1. The van der Waals surface area contributed by atoms with Crippen LogP contribution in [0.15, 0.2) is 60.7 Å². The maximum Gasteiger partial charge on any atom is 0.162 e. The predicted molar refractivity (Wildman–Crippen MR) is 167 cm³/mol. The van der Waals surface area contributed by atoms with Crippen molar-refractivity contribution in [1.82, 2.24) is 0 Å². The third-order valence-electron chi connectivity index (χ3n) is 12.8. The molecule has 3 aromatic carbocycles. The second-order valence-electron chi connectivity index (χ2n) is 15.6. The summed E-state index contributed by atoms with van der Waals surface area (Å²) in [6, 6.07) is 22.6. The van der Waals surface area contributed by atoms with E-state index in [9.17, 15) is 0 Å². The average molecular weight is 547 g/mol. The fourth-order valence-electron chi connectivity index (χ4n) is 10.1. The number of rotatable bonds is 5. The lowest BCUT2D eigenvalue weighted by Crippen LogP contribution is -2.33. The molecule has 41 heavy (non-hydrogen) atoms. The quantitative estimate of drug-likeness (QED) is 0.248. The first-order valence-corrected chi connectivity index (χ1v) is 16.3. The van der Waals surface area contributed by atoms with Gasteiger partial charge in [-0.1, -0.05) is 103 Å². The minimum atomic E-state index is -0.0910. The number of fused-ring (bicyclic) bond motifs is 5. The summed E-state index contributed by atoms with van der Waals surface area (Å²) in [5, 5.41) is 0. The van der Waals surface area contributed by atoms with Crippen molar-refractivity contribution >= 4 is 0 Å². The van der Waals surface area contributed by atoms with E-state index in [0.29, 0.717) is 23.7 Å². The third kappa shape index (κ3) is 3.49. The van der Waals surface area contributed by atoms with Crippen molar-refractivity contribution in [2.45, 2.75) is 97.7 Å². The van der Waals surface area contributed by atoms with Gasteiger partial charge in [-0.25, -0.2) is 0 Å². The Balaban J connectivity index is 1.22. The number of hydrogen-bond donors (Lipinski definition) is 0. The van der Waals surface area contributed by atoms with Gasteiger partial charge in [0.1, 0.15) is 11.2 Å². The van der Waals surface area contributed by atoms with E-state index in [4.69, 9.17) is 9.47 Å². The van der Waals surface area contributed by atoms with Gasteiger partial charge >= 0.3 is 0 Å².